The van der Waals surface area contributed by atoms with Gasteiger partial charge in [0.2, 0.25) is 0 Å². The van der Waals surface area contributed by atoms with Crippen LogP contribution in [0.25, 0.3) is 5.57 Å². The SMILES string of the molecule is CCOc1ccc(NC2=C(c3ccc(F)cc3)C(=O)N(Cc3cccnc3)C2=O)cc1OCC. The second kappa shape index (κ2) is 10.2. The topological polar surface area (TPSA) is 80.8 Å². The third-order valence-corrected chi connectivity index (χ3v) is 5.18. The fraction of sp³-hybridized carbons (Fsp3) is 0.192. The number of carbonyl (C=O) groups is 2. The number of carbonyl (C=O) groups excluding carboxylic acids is 2. The number of aromatic nitrogens is 1. The molecule has 34 heavy (non-hydrogen) atoms. The highest BCUT2D eigenvalue weighted by Crippen LogP contribution is 2.35. The number of amides is 2. The molecule has 0 unspecified atom stereocenters. The quantitative estimate of drug-likeness (QED) is 0.476. The molecular formula is C26H24FN3O4. The van der Waals surface area contributed by atoms with Gasteiger partial charge in [-0.25, -0.2) is 4.39 Å². The maximum Gasteiger partial charge on any atom is 0.278 e. The highest BCUT2D eigenvalue weighted by molar-refractivity contribution is 6.36. The molecule has 1 aliphatic heterocycles. The van der Waals surface area contributed by atoms with E-state index in [1.54, 1.807) is 42.7 Å². The number of rotatable bonds is 9. The van der Waals surface area contributed by atoms with Gasteiger partial charge in [0.1, 0.15) is 11.5 Å². The Hall–Kier alpha value is -4.20. The Bertz CT molecular complexity index is 1230. The molecule has 0 atom stereocenters. The number of imide groups is 1. The van der Waals surface area contributed by atoms with Crippen molar-refractivity contribution in [1.82, 2.24) is 9.88 Å². The fourth-order valence-corrected chi connectivity index (χ4v) is 3.67. The van der Waals surface area contributed by atoms with Crippen LogP contribution in [-0.2, 0) is 16.1 Å². The Kier molecular flexibility index (Phi) is 6.87. The summed E-state index contributed by atoms with van der Waals surface area (Å²) in [6, 6.07) is 14.2. The highest BCUT2D eigenvalue weighted by atomic mass is 19.1. The van der Waals surface area contributed by atoms with Gasteiger partial charge in [0.15, 0.2) is 11.5 Å². The van der Waals surface area contributed by atoms with Gasteiger partial charge in [-0.2, -0.15) is 0 Å². The molecule has 0 radical (unpaired) electrons. The molecule has 1 aromatic heterocycles. The number of nitrogens with one attached hydrogen (secondary N) is 1. The second-order valence-corrected chi connectivity index (χ2v) is 7.47. The molecule has 7 nitrogen and oxygen atoms in total. The van der Waals surface area contributed by atoms with Crippen LogP contribution in [0.1, 0.15) is 25.0 Å². The summed E-state index contributed by atoms with van der Waals surface area (Å²) in [6.07, 6.45) is 3.22. The summed E-state index contributed by atoms with van der Waals surface area (Å²) in [7, 11) is 0. The van der Waals surface area contributed by atoms with Crippen molar-refractivity contribution in [3.8, 4) is 11.5 Å². The molecule has 0 saturated carbocycles. The van der Waals surface area contributed by atoms with Crippen LogP contribution < -0.4 is 14.8 Å². The maximum atomic E-state index is 13.5. The van der Waals surface area contributed by atoms with E-state index in [2.05, 4.69) is 10.3 Å². The van der Waals surface area contributed by atoms with Crippen molar-refractivity contribution >= 4 is 23.1 Å². The molecule has 0 spiro atoms. The molecule has 2 heterocycles. The largest absolute Gasteiger partial charge is 0.490 e. The van der Waals surface area contributed by atoms with Crippen molar-refractivity contribution in [2.75, 3.05) is 18.5 Å². The van der Waals surface area contributed by atoms with E-state index in [9.17, 15) is 14.0 Å². The molecule has 4 rings (SSSR count). The minimum absolute atomic E-state index is 0.0643. The molecule has 2 aromatic carbocycles. The van der Waals surface area contributed by atoms with Gasteiger partial charge in [-0.05, 0) is 55.3 Å². The first-order valence-corrected chi connectivity index (χ1v) is 10.9. The van der Waals surface area contributed by atoms with Crippen LogP contribution in [0.2, 0.25) is 0 Å². The van der Waals surface area contributed by atoms with Gasteiger partial charge in [0.25, 0.3) is 11.8 Å². The summed E-state index contributed by atoms with van der Waals surface area (Å²) in [6.45, 7) is 4.71. The van der Waals surface area contributed by atoms with Crippen LogP contribution in [-0.4, -0.2) is 34.9 Å². The van der Waals surface area contributed by atoms with Crippen LogP contribution in [0, 0.1) is 5.82 Å². The Morgan fingerprint density at radius 1 is 0.941 bits per heavy atom. The lowest BCUT2D eigenvalue weighted by atomic mass is 10.0. The lowest BCUT2D eigenvalue weighted by Crippen LogP contribution is -2.32. The van der Waals surface area contributed by atoms with E-state index in [0.717, 1.165) is 4.90 Å². The molecule has 1 N–H and O–H groups in total. The first kappa shape index (κ1) is 23.0. The molecule has 174 valence electrons. The number of nitrogens with zero attached hydrogens (tertiary/aromatic N) is 2. The molecule has 0 fully saturated rings. The van der Waals surface area contributed by atoms with Crippen molar-refractivity contribution in [2.24, 2.45) is 0 Å². The van der Waals surface area contributed by atoms with E-state index >= 15 is 0 Å². The zero-order valence-corrected chi connectivity index (χ0v) is 18.9. The Labute approximate surface area is 196 Å². The third kappa shape index (κ3) is 4.76. The monoisotopic (exact) mass is 461 g/mol. The highest BCUT2D eigenvalue weighted by Gasteiger charge is 2.39. The van der Waals surface area contributed by atoms with E-state index < -0.39 is 17.6 Å². The van der Waals surface area contributed by atoms with Gasteiger partial charge in [0, 0.05) is 24.1 Å². The molecule has 0 saturated heterocycles. The van der Waals surface area contributed by atoms with Crippen molar-refractivity contribution in [3.63, 3.8) is 0 Å². The summed E-state index contributed by atoms with van der Waals surface area (Å²) in [5.41, 5.74) is 1.97. The second-order valence-electron chi connectivity index (χ2n) is 7.47. The number of halogens is 1. The van der Waals surface area contributed by atoms with E-state index in [0.29, 0.717) is 41.5 Å². The molecular weight excluding hydrogens is 437 g/mol. The molecule has 0 aliphatic carbocycles. The lowest BCUT2D eigenvalue weighted by Gasteiger charge is -2.16. The van der Waals surface area contributed by atoms with Gasteiger partial charge in [-0.3, -0.25) is 19.5 Å². The van der Waals surface area contributed by atoms with Crippen LogP contribution >= 0.6 is 0 Å². The van der Waals surface area contributed by atoms with Gasteiger partial charge >= 0.3 is 0 Å². The summed E-state index contributed by atoms with van der Waals surface area (Å²) in [5, 5.41) is 3.09. The lowest BCUT2D eigenvalue weighted by molar-refractivity contribution is -0.137. The zero-order chi connectivity index (χ0) is 24.1. The molecule has 1 aliphatic rings. The van der Waals surface area contributed by atoms with Gasteiger partial charge in [-0.15, -0.1) is 0 Å². The minimum Gasteiger partial charge on any atom is -0.490 e. The number of hydrogen-bond acceptors (Lipinski definition) is 6. The predicted molar refractivity (Wildman–Crippen MR) is 126 cm³/mol. The van der Waals surface area contributed by atoms with E-state index in [4.69, 9.17) is 9.47 Å². The fourth-order valence-electron chi connectivity index (χ4n) is 3.67. The summed E-state index contributed by atoms with van der Waals surface area (Å²) in [4.78, 5) is 32.0. The van der Waals surface area contributed by atoms with E-state index in [-0.39, 0.29) is 17.8 Å². The molecule has 3 aromatic rings. The maximum absolute atomic E-state index is 13.5. The average Bonchev–Trinajstić information content (AvgIpc) is 3.06. The predicted octanol–water partition coefficient (Wildman–Crippen LogP) is 4.41. The van der Waals surface area contributed by atoms with Crippen LogP contribution in [0.4, 0.5) is 10.1 Å². The van der Waals surface area contributed by atoms with Crippen molar-refractivity contribution in [2.45, 2.75) is 20.4 Å². The normalized spacial score (nSPS) is 13.4. The molecule has 8 heteroatoms. The van der Waals surface area contributed by atoms with Crippen LogP contribution in [0.5, 0.6) is 11.5 Å². The van der Waals surface area contributed by atoms with Crippen LogP contribution in [0.3, 0.4) is 0 Å². The summed E-state index contributed by atoms with van der Waals surface area (Å²) in [5.74, 6) is -0.299. The molecule has 0 bridgehead atoms. The Morgan fingerprint density at radius 3 is 2.35 bits per heavy atom. The van der Waals surface area contributed by atoms with Crippen molar-refractivity contribution in [1.29, 1.82) is 0 Å². The Morgan fingerprint density at radius 2 is 1.68 bits per heavy atom. The number of hydrogen-bond donors (Lipinski definition) is 1. The first-order valence-electron chi connectivity index (χ1n) is 10.9. The Balaban J connectivity index is 1.73. The van der Waals surface area contributed by atoms with Crippen molar-refractivity contribution in [3.05, 3.63) is 89.6 Å². The minimum atomic E-state index is -0.486. The van der Waals surface area contributed by atoms with E-state index in [1.165, 1.54) is 24.3 Å². The first-order chi connectivity index (χ1) is 16.5. The smallest absolute Gasteiger partial charge is 0.278 e. The number of anilines is 1. The number of ether oxygens (including phenoxy) is 2. The number of pyridine rings is 1. The summed E-state index contributed by atoms with van der Waals surface area (Å²) >= 11 is 0. The zero-order valence-electron chi connectivity index (χ0n) is 18.9. The van der Waals surface area contributed by atoms with E-state index in [1.807, 2.05) is 13.8 Å². The summed E-state index contributed by atoms with van der Waals surface area (Å²) < 4.78 is 24.8. The van der Waals surface area contributed by atoms with Crippen LogP contribution in [0.15, 0.2) is 72.7 Å². The molecule has 2 amide bonds. The standard InChI is InChI=1S/C26H24FN3O4/c1-3-33-21-12-11-20(14-22(21)34-4-2)29-24-23(18-7-9-19(27)10-8-18)25(31)30(26(24)32)16-17-6-5-13-28-15-17/h5-15,29H,3-4,16H2,1-2H3. The van der Waals surface area contributed by atoms with Crippen molar-refractivity contribution < 1.29 is 23.5 Å². The van der Waals surface area contributed by atoms with Gasteiger partial charge < -0.3 is 14.8 Å². The van der Waals surface area contributed by atoms with Gasteiger partial charge in [0.05, 0.1) is 25.3 Å². The average molecular weight is 461 g/mol. The van der Waals surface area contributed by atoms with Gasteiger partial charge in [-0.1, -0.05) is 18.2 Å². The number of benzene rings is 2. The third-order valence-electron chi connectivity index (χ3n) is 5.18.